The quantitative estimate of drug-likeness (QED) is 0.643. The van der Waals surface area contributed by atoms with Crippen molar-refractivity contribution in [3.63, 3.8) is 0 Å². The second-order valence-electron chi connectivity index (χ2n) is 3.54. The number of halogens is 6. The van der Waals surface area contributed by atoms with Crippen LogP contribution in [0.1, 0.15) is 23.4 Å². The van der Waals surface area contributed by atoms with Gasteiger partial charge in [-0.15, -0.1) is 13.2 Å². The first-order valence-electron chi connectivity index (χ1n) is 4.98. The summed E-state index contributed by atoms with van der Waals surface area (Å²) in [4.78, 5) is 13.7. The van der Waals surface area contributed by atoms with Gasteiger partial charge in [-0.05, 0) is 6.07 Å². The molecule has 0 aliphatic heterocycles. The van der Waals surface area contributed by atoms with Gasteiger partial charge in [-0.25, -0.2) is 13.8 Å². The van der Waals surface area contributed by atoms with Crippen molar-refractivity contribution in [2.75, 3.05) is 0 Å². The molecule has 1 N–H and O–H groups in total. The minimum absolute atomic E-state index is 0.229. The number of aliphatic carboxylic acids is 1. The highest BCUT2D eigenvalue weighted by molar-refractivity contribution is 9.08. The Morgan fingerprint density at radius 3 is 2.45 bits per heavy atom. The van der Waals surface area contributed by atoms with Gasteiger partial charge in [0.05, 0.1) is 12.1 Å². The van der Waals surface area contributed by atoms with Gasteiger partial charge in [-0.1, -0.05) is 15.9 Å². The smallest absolute Gasteiger partial charge is 0.481 e. The number of ether oxygens (including phenoxy) is 1. The Hall–Kier alpha value is -1.45. The van der Waals surface area contributed by atoms with Crippen LogP contribution in [0.15, 0.2) is 6.07 Å². The fourth-order valence-corrected chi connectivity index (χ4v) is 1.81. The third-order valence-corrected chi connectivity index (χ3v) is 2.63. The molecule has 1 heterocycles. The molecule has 0 saturated heterocycles. The minimum atomic E-state index is -5.16. The maximum Gasteiger partial charge on any atom is 0.573 e. The van der Waals surface area contributed by atoms with E-state index < -0.39 is 36.6 Å². The lowest BCUT2D eigenvalue weighted by atomic mass is 10.1. The van der Waals surface area contributed by atoms with Gasteiger partial charge in [0, 0.05) is 10.9 Å². The Balaban J connectivity index is 3.36. The average molecular weight is 364 g/mol. The lowest BCUT2D eigenvalue weighted by Gasteiger charge is -2.16. The van der Waals surface area contributed by atoms with Crippen LogP contribution in [0.5, 0.6) is 5.75 Å². The van der Waals surface area contributed by atoms with Gasteiger partial charge in [-0.2, -0.15) is 0 Å². The molecule has 0 radical (unpaired) electrons. The molecule has 0 aliphatic carbocycles. The first-order valence-corrected chi connectivity index (χ1v) is 6.10. The van der Waals surface area contributed by atoms with E-state index >= 15 is 0 Å². The molecular weight excluding hydrogens is 357 g/mol. The molecule has 1 aromatic heterocycles. The third-order valence-electron chi connectivity index (χ3n) is 2.03. The number of hydrogen-bond acceptors (Lipinski definition) is 3. The highest BCUT2D eigenvalue weighted by atomic mass is 79.9. The number of pyridine rings is 1. The predicted octanol–water partition coefficient (Wildman–Crippen LogP) is 3.44. The minimum Gasteiger partial charge on any atom is -0.481 e. The summed E-state index contributed by atoms with van der Waals surface area (Å²) in [6.07, 6.45) is -9.18. The SMILES string of the molecule is O=C(O)Cc1cc(CBr)c(OC(F)(F)F)c(C(F)F)n1. The number of hydrogen-bond donors (Lipinski definition) is 1. The summed E-state index contributed by atoms with van der Waals surface area (Å²) in [6.45, 7) is 0. The summed E-state index contributed by atoms with van der Waals surface area (Å²) in [5.41, 5.74) is -1.78. The van der Waals surface area contributed by atoms with Gasteiger partial charge in [0.2, 0.25) is 0 Å². The van der Waals surface area contributed by atoms with E-state index in [-0.39, 0.29) is 16.6 Å². The number of nitrogens with zero attached hydrogens (tertiary/aromatic N) is 1. The van der Waals surface area contributed by atoms with E-state index in [0.29, 0.717) is 0 Å². The second-order valence-corrected chi connectivity index (χ2v) is 4.10. The Morgan fingerprint density at radius 1 is 1.45 bits per heavy atom. The summed E-state index contributed by atoms with van der Waals surface area (Å²) in [6, 6.07) is 0.968. The van der Waals surface area contributed by atoms with E-state index in [4.69, 9.17) is 5.11 Å². The molecule has 10 heteroatoms. The largest absolute Gasteiger partial charge is 0.573 e. The van der Waals surface area contributed by atoms with E-state index in [9.17, 15) is 26.7 Å². The van der Waals surface area contributed by atoms with Crippen LogP contribution in [0.3, 0.4) is 0 Å². The molecule has 1 rings (SSSR count). The van der Waals surface area contributed by atoms with Gasteiger partial charge >= 0.3 is 12.3 Å². The van der Waals surface area contributed by atoms with E-state index in [1.807, 2.05) is 0 Å². The standard InChI is InChI=1S/C10H7BrF5NO3/c11-3-4-1-5(2-6(18)19)17-7(9(12)13)8(4)20-10(14,15)16/h1,9H,2-3H2,(H,18,19). The zero-order valence-corrected chi connectivity index (χ0v) is 11.1. The van der Waals surface area contributed by atoms with E-state index in [2.05, 4.69) is 25.7 Å². The van der Waals surface area contributed by atoms with Crippen LogP contribution in [0.2, 0.25) is 0 Å². The van der Waals surface area contributed by atoms with Crippen molar-refractivity contribution in [3.8, 4) is 5.75 Å². The number of carboxylic acids is 1. The lowest BCUT2D eigenvalue weighted by Crippen LogP contribution is -2.20. The van der Waals surface area contributed by atoms with Crippen LogP contribution in [-0.2, 0) is 16.5 Å². The van der Waals surface area contributed by atoms with E-state index in [1.165, 1.54) is 0 Å². The summed E-state index contributed by atoms with van der Waals surface area (Å²) in [7, 11) is 0. The highest BCUT2D eigenvalue weighted by Gasteiger charge is 2.35. The van der Waals surface area contributed by atoms with Crippen molar-refractivity contribution in [2.45, 2.75) is 24.5 Å². The molecule has 0 saturated carbocycles. The van der Waals surface area contributed by atoms with Crippen LogP contribution >= 0.6 is 15.9 Å². The number of carbonyl (C=O) groups is 1. The molecule has 4 nitrogen and oxygen atoms in total. The second kappa shape index (κ2) is 6.33. The molecule has 0 spiro atoms. The van der Waals surface area contributed by atoms with Gasteiger partial charge in [0.25, 0.3) is 6.43 Å². The van der Waals surface area contributed by atoms with Crippen LogP contribution in [0.4, 0.5) is 22.0 Å². The maximum absolute atomic E-state index is 12.8. The lowest BCUT2D eigenvalue weighted by molar-refractivity contribution is -0.275. The zero-order valence-electron chi connectivity index (χ0n) is 9.55. The number of carboxylic acid groups (broad SMARTS) is 1. The Labute approximate surface area is 117 Å². The van der Waals surface area contributed by atoms with Crippen LogP contribution < -0.4 is 4.74 Å². The van der Waals surface area contributed by atoms with Crippen LogP contribution in [0.25, 0.3) is 0 Å². The molecule has 0 amide bonds. The van der Waals surface area contributed by atoms with Crippen molar-refractivity contribution in [1.29, 1.82) is 0 Å². The molecular formula is C10H7BrF5NO3. The van der Waals surface area contributed by atoms with Crippen LogP contribution in [-0.4, -0.2) is 22.4 Å². The zero-order chi connectivity index (χ0) is 15.5. The van der Waals surface area contributed by atoms with Crippen molar-refractivity contribution in [1.82, 2.24) is 4.98 Å². The highest BCUT2D eigenvalue weighted by Crippen LogP contribution is 2.36. The van der Waals surface area contributed by atoms with Crippen molar-refractivity contribution >= 4 is 21.9 Å². The molecule has 20 heavy (non-hydrogen) atoms. The molecule has 0 atom stereocenters. The number of alkyl halides is 6. The third kappa shape index (κ3) is 4.58. The molecule has 112 valence electrons. The Bertz CT molecular complexity index is 506. The summed E-state index contributed by atoms with van der Waals surface area (Å²) < 4.78 is 65.7. The number of aromatic nitrogens is 1. The summed E-state index contributed by atoms with van der Waals surface area (Å²) in [5, 5.41) is 8.34. The molecule has 0 fully saturated rings. The van der Waals surface area contributed by atoms with Crippen molar-refractivity contribution in [3.05, 3.63) is 23.0 Å². The van der Waals surface area contributed by atoms with E-state index in [1.54, 1.807) is 0 Å². The van der Waals surface area contributed by atoms with Gasteiger partial charge in [0.1, 0.15) is 5.69 Å². The Morgan fingerprint density at radius 2 is 2.05 bits per heavy atom. The Kier molecular flexibility index (Phi) is 5.26. The van der Waals surface area contributed by atoms with Gasteiger partial charge in [0.15, 0.2) is 5.75 Å². The van der Waals surface area contributed by atoms with Gasteiger partial charge in [-0.3, -0.25) is 4.79 Å². The number of rotatable bonds is 5. The first kappa shape index (κ1) is 16.6. The van der Waals surface area contributed by atoms with Crippen molar-refractivity contribution < 1.29 is 36.6 Å². The van der Waals surface area contributed by atoms with E-state index in [0.717, 1.165) is 6.07 Å². The summed E-state index contributed by atoms with van der Waals surface area (Å²) in [5.74, 6) is -2.46. The first-order chi connectivity index (χ1) is 9.14. The molecule has 0 aromatic carbocycles. The predicted molar refractivity (Wildman–Crippen MR) is 59.8 cm³/mol. The monoisotopic (exact) mass is 363 g/mol. The topological polar surface area (TPSA) is 59.4 Å². The molecule has 0 aliphatic rings. The fourth-order valence-electron chi connectivity index (χ4n) is 1.40. The van der Waals surface area contributed by atoms with Crippen molar-refractivity contribution in [2.24, 2.45) is 0 Å². The van der Waals surface area contributed by atoms with Crippen LogP contribution in [0, 0.1) is 0 Å². The average Bonchev–Trinajstić information content (AvgIpc) is 2.27. The maximum atomic E-state index is 12.8. The normalized spacial score (nSPS) is 11.8. The van der Waals surface area contributed by atoms with Gasteiger partial charge < -0.3 is 9.84 Å². The molecule has 0 bridgehead atoms. The fraction of sp³-hybridized carbons (Fsp3) is 0.400. The molecule has 0 unspecified atom stereocenters. The molecule has 1 aromatic rings. The summed E-state index contributed by atoms with van der Waals surface area (Å²) >= 11 is 2.83.